The number of carbonyl (C=O) groups is 3. The van der Waals surface area contributed by atoms with E-state index < -0.39 is 0 Å². The van der Waals surface area contributed by atoms with Crippen LogP contribution in [0.5, 0.6) is 0 Å². The first-order chi connectivity index (χ1) is 14.3. The SMILES string of the molecule is CCN(CC)C(=O)c1cccc(NCC(=O)Nc2cccc(C(=O)NC(C)C)c2)c1. The lowest BCUT2D eigenvalue weighted by Crippen LogP contribution is -2.30. The number of amides is 3. The molecule has 2 aromatic rings. The van der Waals surface area contributed by atoms with Gasteiger partial charge in [-0.15, -0.1) is 0 Å². The number of hydrogen-bond acceptors (Lipinski definition) is 4. The van der Waals surface area contributed by atoms with Gasteiger partial charge in [-0.2, -0.15) is 0 Å². The number of rotatable bonds is 9. The molecule has 0 atom stereocenters. The van der Waals surface area contributed by atoms with Crippen LogP contribution in [0.25, 0.3) is 0 Å². The van der Waals surface area contributed by atoms with Crippen molar-refractivity contribution in [1.82, 2.24) is 10.2 Å². The minimum absolute atomic E-state index is 0.0318. The molecule has 2 aromatic carbocycles. The molecule has 3 N–H and O–H groups in total. The second kappa shape index (κ2) is 11.0. The van der Waals surface area contributed by atoms with Crippen LogP contribution in [0.2, 0.25) is 0 Å². The average Bonchev–Trinajstić information content (AvgIpc) is 2.73. The summed E-state index contributed by atoms with van der Waals surface area (Å²) in [6, 6.07) is 13.9. The third-order valence-electron chi connectivity index (χ3n) is 4.44. The Morgan fingerprint density at radius 1 is 0.900 bits per heavy atom. The lowest BCUT2D eigenvalue weighted by Gasteiger charge is -2.19. The standard InChI is InChI=1S/C23H30N4O3/c1-5-27(6-2)23(30)18-10-8-11-19(14-18)24-15-21(28)26-20-12-7-9-17(13-20)22(29)25-16(3)4/h7-14,16,24H,5-6,15H2,1-4H3,(H,25,29)(H,26,28). The van der Waals surface area contributed by atoms with E-state index in [4.69, 9.17) is 0 Å². The summed E-state index contributed by atoms with van der Waals surface area (Å²) >= 11 is 0. The maximum atomic E-state index is 12.5. The van der Waals surface area contributed by atoms with Gasteiger partial charge in [0.05, 0.1) is 6.54 Å². The van der Waals surface area contributed by atoms with Crippen LogP contribution in [-0.4, -0.2) is 48.3 Å². The highest BCUT2D eigenvalue weighted by molar-refractivity contribution is 5.98. The van der Waals surface area contributed by atoms with Crippen LogP contribution >= 0.6 is 0 Å². The highest BCUT2D eigenvalue weighted by Gasteiger charge is 2.13. The fraction of sp³-hybridized carbons (Fsp3) is 0.348. The third-order valence-corrected chi connectivity index (χ3v) is 4.44. The monoisotopic (exact) mass is 410 g/mol. The highest BCUT2D eigenvalue weighted by atomic mass is 16.2. The van der Waals surface area contributed by atoms with E-state index in [-0.39, 0.29) is 30.3 Å². The Morgan fingerprint density at radius 3 is 2.13 bits per heavy atom. The molecule has 0 aliphatic heterocycles. The molecule has 0 saturated carbocycles. The zero-order valence-corrected chi connectivity index (χ0v) is 18.0. The maximum absolute atomic E-state index is 12.5. The second-order valence-electron chi connectivity index (χ2n) is 7.17. The fourth-order valence-electron chi connectivity index (χ4n) is 2.93. The summed E-state index contributed by atoms with van der Waals surface area (Å²) in [5.74, 6) is -0.476. The van der Waals surface area contributed by atoms with Gasteiger partial charge < -0.3 is 20.9 Å². The van der Waals surface area contributed by atoms with Gasteiger partial charge in [-0.1, -0.05) is 12.1 Å². The second-order valence-corrected chi connectivity index (χ2v) is 7.17. The van der Waals surface area contributed by atoms with Gasteiger partial charge in [0.15, 0.2) is 0 Å². The number of benzene rings is 2. The van der Waals surface area contributed by atoms with Crippen LogP contribution in [0.3, 0.4) is 0 Å². The Labute approximate surface area is 177 Å². The number of anilines is 2. The maximum Gasteiger partial charge on any atom is 0.253 e. The topological polar surface area (TPSA) is 90.5 Å². The van der Waals surface area contributed by atoms with Crippen molar-refractivity contribution in [2.24, 2.45) is 0 Å². The molecule has 0 fully saturated rings. The molecule has 30 heavy (non-hydrogen) atoms. The van der Waals surface area contributed by atoms with Crippen LogP contribution in [0, 0.1) is 0 Å². The summed E-state index contributed by atoms with van der Waals surface area (Å²) in [5.41, 5.74) is 2.29. The summed E-state index contributed by atoms with van der Waals surface area (Å²) in [4.78, 5) is 38.7. The number of hydrogen-bond donors (Lipinski definition) is 3. The minimum atomic E-state index is -0.253. The van der Waals surface area contributed by atoms with E-state index in [0.29, 0.717) is 35.6 Å². The van der Waals surface area contributed by atoms with Crippen molar-refractivity contribution in [2.75, 3.05) is 30.3 Å². The van der Waals surface area contributed by atoms with Gasteiger partial charge in [-0.25, -0.2) is 0 Å². The van der Waals surface area contributed by atoms with Gasteiger partial charge in [0.1, 0.15) is 0 Å². The summed E-state index contributed by atoms with van der Waals surface area (Å²) in [6.07, 6.45) is 0. The van der Waals surface area contributed by atoms with Gasteiger partial charge in [0.25, 0.3) is 11.8 Å². The molecule has 0 bridgehead atoms. The molecule has 0 heterocycles. The lowest BCUT2D eigenvalue weighted by atomic mass is 10.1. The van der Waals surface area contributed by atoms with Crippen molar-refractivity contribution in [1.29, 1.82) is 0 Å². The van der Waals surface area contributed by atoms with Crippen LogP contribution < -0.4 is 16.0 Å². The quantitative estimate of drug-likeness (QED) is 0.591. The van der Waals surface area contributed by atoms with E-state index in [1.165, 1.54) is 0 Å². The summed E-state index contributed by atoms with van der Waals surface area (Å²) in [7, 11) is 0. The van der Waals surface area contributed by atoms with Gasteiger partial charge in [-0.05, 0) is 64.1 Å². The van der Waals surface area contributed by atoms with Gasteiger partial charge >= 0.3 is 0 Å². The van der Waals surface area contributed by atoms with Crippen molar-refractivity contribution in [2.45, 2.75) is 33.7 Å². The number of nitrogens with zero attached hydrogens (tertiary/aromatic N) is 1. The predicted molar refractivity (Wildman–Crippen MR) is 120 cm³/mol. The molecular formula is C23H30N4O3. The molecule has 0 radical (unpaired) electrons. The van der Waals surface area contributed by atoms with Gasteiger partial charge in [-0.3, -0.25) is 14.4 Å². The molecule has 0 aromatic heterocycles. The Morgan fingerprint density at radius 2 is 1.50 bits per heavy atom. The molecule has 7 nitrogen and oxygen atoms in total. The van der Waals surface area contributed by atoms with E-state index in [0.717, 1.165) is 0 Å². The largest absolute Gasteiger partial charge is 0.376 e. The summed E-state index contributed by atoms with van der Waals surface area (Å²) < 4.78 is 0. The van der Waals surface area contributed by atoms with Crippen molar-refractivity contribution in [3.8, 4) is 0 Å². The predicted octanol–water partition coefficient (Wildman–Crippen LogP) is 3.36. The van der Waals surface area contributed by atoms with E-state index in [9.17, 15) is 14.4 Å². The average molecular weight is 411 g/mol. The first-order valence-electron chi connectivity index (χ1n) is 10.2. The molecule has 7 heteroatoms. The lowest BCUT2D eigenvalue weighted by molar-refractivity contribution is -0.114. The Bertz CT molecular complexity index is 892. The normalized spacial score (nSPS) is 10.4. The first kappa shape index (κ1) is 22.9. The van der Waals surface area contributed by atoms with E-state index in [1.54, 1.807) is 47.4 Å². The van der Waals surface area contributed by atoms with Crippen LogP contribution in [0.15, 0.2) is 48.5 Å². The molecule has 0 spiro atoms. The highest BCUT2D eigenvalue weighted by Crippen LogP contribution is 2.14. The molecule has 3 amide bonds. The zero-order valence-electron chi connectivity index (χ0n) is 18.0. The number of carbonyl (C=O) groups excluding carboxylic acids is 3. The Balaban J connectivity index is 1.96. The Kier molecular flexibility index (Phi) is 8.41. The van der Waals surface area contributed by atoms with E-state index in [1.807, 2.05) is 33.8 Å². The molecule has 0 aliphatic rings. The number of nitrogens with one attached hydrogen (secondary N) is 3. The fourth-order valence-corrected chi connectivity index (χ4v) is 2.93. The van der Waals surface area contributed by atoms with Gasteiger partial charge in [0, 0.05) is 41.6 Å². The molecule has 0 saturated heterocycles. The first-order valence-corrected chi connectivity index (χ1v) is 10.2. The van der Waals surface area contributed by atoms with Crippen LogP contribution in [0.4, 0.5) is 11.4 Å². The van der Waals surface area contributed by atoms with Crippen molar-refractivity contribution < 1.29 is 14.4 Å². The molecule has 160 valence electrons. The molecular weight excluding hydrogens is 380 g/mol. The third kappa shape index (κ3) is 6.62. The summed E-state index contributed by atoms with van der Waals surface area (Å²) in [5, 5.41) is 8.64. The van der Waals surface area contributed by atoms with Crippen molar-refractivity contribution in [3.05, 3.63) is 59.7 Å². The molecule has 0 unspecified atom stereocenters. The van der Waals surface area contributed by atoms with Crippen molar-refractivity contribution >= 4 is 29.1 Å². The minimum Gasteiger partial charge on any atom is -0.376 e. The summed E-state index contributed by atoms with van der Waals surface area (Å²) in [6.45, 7) is 8.97. The molecule has 0 aliphatic carbocycles. The van der Waals surface area contributed by atoms with Crippen LogP contribution in [-0.2, 0) is 4.79 Å². The smallest absolute Gasteiger partial charge is 0.253 e. The van der Waals surface area contributed by atoms with E-state index in [2.05, 4.69) is 16.0 Å². The molecule has 2 rings (SSSR count). The van der Waals surface area contributed by atoms with E-state index >= 15 is 0 Å². The zero-order chi connectivity index (χ0) is 22.1. The van der Waals surface area contributed by atoms with Gasteiger partial charge in [0.2, 0.25) is 5.91 Å². The van der Waals surface area contributed by atoms with Crippen molar-refractivity contribution in [3.63, 3.8) is 0 Å². The van der Waals surface area contributed by atoms with Crippen LogP contribution in [0.1, 0.15) is 48.4 Å². The Hall–Kier alpha value is -3.35.